The molecule has 0 saturated carbocycles. The molecule has 2 aromatic carbocycles. The summed E-state index contributed by atoms with van der Waals surface area (Å²) in [5.41, 5.74) is 8.91. The van der Waals surface area contributed by atoms with E-state index in [-0.39, 0.29) is 0 Å². The molecule has 0 atom stereocenters. The highest BCUT2D eigenvalue weighted by atomic mass is 35.5. The van der Waals surface area contributed by atoms with Crippen LogP contribution >= 0.6 is 34.8 Å². The van der Waals surface area contributed by atoms with E-state index in [0.717, 1.165) is 22.0 Å². The van der Waals surface area contributed by atoms with Crippen LogP contribution in [0.4, 0.5) is 0 Å². The van der Waals surface area contributed by atoms with Crippen molar-refractivity contribution in [2.24, 2.45) is 5.73 Å². The first kappa shape index (κ1) is 14.7. The molecule has 0 aliphatic rings. The molecule has 0 aliphatic carbocycles. The Balaban J connectivity index is 2.12. The molecule has 3 rings (SSSR count). The van der Waals surface area contributed by atoms with Crippen molar-refractivity contribution in [1.82, 2.24) is 4.57 Å². The van der Waals surface area contributed by atoms with Crippen molar-refractivity contribution >= 4 is 45.7 Å². The van der Waals surface area contributed by atoms with Gasteiger partial charge >= 0.3 is 0 Å². The number of fused-ring (bicyclic) bond motifs is 1. The van der Waals surface area contributed by atoms with Gasteiger partial charge in [-0.2, -0.15) is 0 Å². The molecule has 108 valence electrons. The molecule has 3 aromatic rings. The molecule has 0 saturated heterocycles. The number of hydrogen-bond acceptors (Lipinski definition) is 1. The smallest absolute Gasteiger partial charge is 0.0501 e. The molecule has 21 heavy (non-hydrogen) atoms. The average molecular weight is 340 g/mol. The number of rotatable bonds is 3. The molecule has 0 fully saturated rings. The summed E-state index contributed by atoms with van der Waals surface area (Å²) in [7, 11) is 0. The summed E-state index contributed by atoms with van der Waals surface area (Å²) in [6, 6.07) is 11.3. The van der Waals surface area contributed by atoms with Gasteiger partial charge in [0.05, 0.1) is 5.52 Å². The average Bonchev–Trinajstić information content (AvgIpc) is 2.80. The number of aromatic nitrogens is 1. The Morgan fingerprint density at radius 3 is 2.38 bits per heavy atom. The van der Waals surface area contributed by atoms with Crippen LogP contribution in [0.2, 0.25) is 15.1 Å². The maximum atomic E-state index is 6.25. The van der Waals surface area contributed by atoms with Crippen molar-refractivity contribution in [1.29, 1.82) is 0 Å². The Morgan fingerprint density at radius 2 is 1.62 bits per heavy atom. The van der Waals surface area contributed by atoms with Crippen LogP contribution in [0.25, 0.3) is 10.9 Å². The fraction of sp³-hybridized carbons (Fsp3) is 0.125. The minimum atomic E-state index is 0.481. The van der Waals surface area contributed by atoms with Gasteiger partial charge in [0.1, 0.15) is 0 Å². The number of hydrogen-bond donors (Lipinski definition) is 1. The first-order valence-electron chi connectivity index (χ1n) is 6.50. The topological polar surface area (TPSA) is 30.9 Å². The Bertz CT molecular complexity index is 809. The zero-order valence-corrected chi connectivity index (χ0v) is 13.4. The third-order valence-electron chi connectivity index (χ3n) is 3.50. The zero-order valence-electron chi connectivity index (χ0n) is 11.1. The molecule has 1 aromatic heterocycles. The summed E-state index contributed by atoms with van der Waals surface area (Å²) in [6.07, 6.45) is 2.04. The molecular formula is C16H13Cl3N2. The lowest BCUT2D eigenvalue weighted by atomic mass is 10.2. The third-order valence-corrected chi connectivity index (χ3v) is 4.33. The monoisotopic (exact) mass is 338 g/mol. The second kappa shape index (κ2) is 5.90. The Morgan fingerprint density at radius 1 is 0.905 bits per heavy atom. The highest BCUT2D eigenvalue weighted by Gasteiger charge is 2.10. The van der Waals surface area contributed by atoms with E-state index in [1.165, 1.54) is 0 Å². The van der Waals surface area contributed by atoms with Gasteiger partial charge in [0.25, 0.3) is 0 Å². The summed E-state index contributed by atoms with van der Waals surface area (Å²) >= 11 is 18.4. The molecule has 2 nitrogen and oxygen atoms in total. The minimum Gasteiger partial charge on any atom is -0.343 e. The molecule has 0 radical (unpaired) electrons. The second-order valence-corrected chi connectivity index (χ2v) is 6.16. The van der Waals surface area contributed by atoms with Crippen molar-refractivity contribution in [3.8, 4) is 0 Å². The molecule has 2 N–H and O–H groups in total. The fourth-order valence-corrected chi connectivity index (χ4v) is 3.02. The molecule has 0 amide bonds. The number of benzene rings is 2. The molecule has 5 heteroatoms. The molecule has 0 unspecified atom stereocenters. The molecular weight excluding hydrogens is 327 g/mol. The number of nitrogens with two attached hydrogens (primary N) is 1. The second-order valence-electron chi connectivity index (χ2n) is 4.88. The standard InChI is InChI=1S/C16H13Cl3N2/c17-12-2-4-15(19)10(5-12)8-21-9-11(7-20)14-3-1-13(18)6-16(14)21/h1-6,9H,7-8,20H2. The van der Waals surface area contributed by atoms with Crippen LogP contribution in [-0.2, 0) is 13.1 Å². The summed E-state index contributed by atoms with van der Waals surface area (Å²) in [6.45, 7) is 1.10. The predicted octanol–water partition coefficient (Wildman–Crippen LogP) is 5.11. The van der Waals surface area contributed by atoms with E-state index < -0.39 is 0 Å². The first-order chi connectivity index (χ1) is 10.1. The van der Waals surface area contributed by atoms with Gasteiger partial charge in [0.2, 0.25) is 0 Å². The van der Waals surface area contributed by atoms with E-state index in [4.69, 9.17) is 40.5 Å². The summed E-state index contributed by atoms with van der Waals surface area (Å²) in [5.74, 6) is 0. The van der Waals surface area contributed by atoms with E-state index in [9.17, 15) is 0 Å². The fourth-order valence-electron chi connectivity index (χ4n) is 2.48. The first-order valence-corrected chi connectivity index (χ1v) is 7.63. The predicted molar refractivity (Wildman–Crippen MR) is 90.4 cm³/mol. The van der Waals surface area contributed by atoms with Gasteiger partial charge in [-0.3, -0.25) is 0 Å². The summed E-state index contributed by atoms with van der Waals surface area (Å²) in [4.78, 5) is 0. The third kappa shape index (κ3) is 2.90. The minimum absolute atomic E-state index is 0.481. The maximum absolute atomic E-state index is 6.25. The van der Waals surface area contributed by atoms with Crippen LogP contribution in [0.5, 0.6) is 0 Å². The quantitative estimate of drug-likeness (QED) is 0.706. The zero-order chi connectivity index (χ0) is 15.0. The molecule has 0 spiro atoms. The Labute approximate surface area is 138 Å². The lowest BCUT2D eigenvalue weighted by molar-refractivity contribution is 0.830. The Hall–Kier alpha value is -1.19. The lowest BCUT2D eigenvalue weighted by Gasteiger charge is -2.08. The molecule has 1 heterocycles. The number of nitrogens with zero attached hydrogens (tertiary/aromatic N) is 1. The van der Waals surface area contributed by atoms with Crippen molar-refractivity contribution < 1.29 is 0 Å². The van der Waals surface area contributed by atoms with E-state index >= 15 is 0 Å². The lowest BCUT2D eigenvalue weighted by Crippen LogP contribution is -1.99. The van der Waals surface area contributed by atoms with Crippen molar-refractivity contribution in [2.45, 2.75) is 13.1 Å². The summed E-state index contributed by atoms with van der Waals surface area (Å²) in [5, 5.41) is 3.17. The van der Waals surface area contributed by atoms with E-state index in [1.807, 2.05) is 36.5 Å². The SMILES string of the molecule is NCc1cn(Cc2cc(Cl)ccc2Cl)c2cc(Cl)ccc12. The van der Waals surface area contributed by atoms with Crippen LogP contribution in [0.15, 0.2) is 42.6 Å². The highest BCUT2D eigenvalue weighted by Crippen LogP contribution is 2.27. The maximum Gasteiger partial charge on any atom is 0.0501 e. The normalized spacial score (nSPS) is 11.2. The largest absolute Gasteiger partial charge is 0.343 e. The van der Waals surface area contributed by atoms with Crippen molar-refractivity contribution in [3.05, 3.63) is 68.8 Å². The van der Waals surface area contributed by atoms with Crippen LogP contribution in [0.1, 0.15) is 11.1 Å². The van der Waals surface area contributed by atoms with Gasteiger partial charge in [-0.05, 0) is 41.5 Å². The van der Waals surface area contributed by atoms with E-state index in [1.54, 1.807) is 6.07 Å². The van der Waals surface area contributed by atoms with Crippen LogP contribution < -0.4 is 5.73 Å². The Kier molecular flexibility index (Phi) is 4.14. The number of halogens is 3. The van der Waals surface area contributed by atoms with Crippen LogP contribution in [0.3, 0.4) is 0 Å². The van der Waals surface area contributed by atoms with Gasteiger partial charge in [-0.15, -0.1) is 0 Å². The van der Waals surface area contributed by atoms with Gasteiger partial charge in [0, 0.05) is 39.7 Å². The van der Waals surface area contributed by atoms with Crippen molar-refractivity contribution in [2.75, 3.05) is 0 Å². The van der Waals surface area contributed by atoms with E-state index in [0.29, 0.717) is 28.2 Å². The van der Waals surface area contributed by atoms with Gasteiger partial charge in [-0.1, -0.05) is 40.9 Å². The van der Waals surface area contributed by atoms with Gasteiger partial charge < -0.3 is 10.3 Å². The van der Waals surface area contributed by atoms with E-state index in [2.05, 4.69) is 4.57 Å². The van der Waals surface area contributed by atoms with Gasteiger partial charge in [-0.25, -0.2) is 0 Å². The molecule has 0 aliphatic heterocycles. The summed E-state index contributed by atoms with van der Waals surface area (Å²) < 4.78 is 2.10. The molecule has 0 bridgehead atoms. The highest BCUT2D eigenvalue weighted by molar-refractivity contribution is 6.33. The van der Waals surface area contributed by atoms with Crippen LogP contribution in [-0.4, -0.2) is 4.57 Å². The van der Waals surface area contributed by atoms with Crippen LogP contribution in [0, 0.1) is 0 Å². The van der Waals surface area contributed by atoms with Gasteiger partial charge in [0.15, 0.2) is 0 Å². The van der Waals surface area contributed by atoms with Crippen molar-refractivity contribution in [3.63, 3.8) is 0 Å².